The Kier molecular flexibility index (Phi) is 4.44. The van der Waals surface area contributed by atoms with Crippen LogP contribution in [0, 0.1) is 0 Å². The molecule has 3 rings (SSSR count). The summed E-state index contributed by atoms with van der Waals surface area (Å²) in [5, 5.41) is 15.2. The van der Waals surface area contributed by atoms with Crippen molar-refractivity contribution in [2.45, 2.75) is 12.5 Å². The lowest BCUT2D eigenvalue weighted by Crippen LogP contribution is -2.46. The Morgan fingerprint density at radius 2 is 2.35 bits per heavy atom. The number of carbonyl (C=O) groups excluding carboxylic acids is 1. The van der Waals surface area contributed by atoms with Gasteiger partial charge in [0.05, 0.1) is 29.6 Å². The lowest BCUT2D eigenvalue weighted by atomic mass is 10.1. The molecule has 7 nitrogen and oxygen atoms in total. The number of amides is 1. The van der Waals surface area contributed by atoms with Gasteiger partial charge in [-0.15, -0.1) is 11.3 Å². The minimum Gasteiger partial charge on any atom is -0.481 e. The first-order valence-corrected chi connectivity index (χ1v) is 8.12. The summed E-state index contributed by atoms with van der Waals surface area (Å²) in [6.07, 6.45) is 1.14. The first-order chi connectivity index (χ1) is 11.0. The molecule has 1 fully saturated rings. The number of carboxylic acids is 1. The van der Waals surface area contributed by atoms with Crippen molar-refractivity contribution in [3.8, 4) is 10.6 Å². The number of thiophene rings is 1. The van der Waals surface area contributed by atoms with Gasteiger partial charge in [-0.05, 0) is 11.4 Å². The van der Waals surface area contributed by atoms with Crippen molar-refractivity contribution in [1.29, 1.82) is 0 Å². The zero-order valence-electron chi connectivity index (χ0n) is 12.6. The highest BCUT2D eigenvalue weighted by Crippen LogP contribution is 2.27. The molecular weight excluding hydrogens is 318 g/mol. The van der Waals surface area contributed by atoms with E-state index in [0.717, 1.165) is 4.88 Å². The predicted molar refractivity (Wildman–Crippen MR) is 84.4 cm³/mol. The number of rotatable bonds is 4. The van der Waals surface area contributed by atoms with Gasteiger partial charge in [0, 0.05) is 26.3 Å². The summed E-state index contributed by atoms with van der Waals surface area (Å²) in [5.74, 6) is -1.06. The van der Waals surface area contributed by atoms with Crippen LogP contribution in [0.4, 0.5) is 0 Å². The topological polar surface area (TPSA) is 84.7 Å². The Balaban J connectivity index is 1.82. The van der Waals surface area contributed by atoms with E-state index in [1.807, 2.05) is 17.5 Å². The van der Waals surface area contributed by atoms with Crippen LogP contribution in [0.15, 0.2) is 23.7 Å². The van der Waals surface area contributed by atoms with Crippen LogP contribution in [0.3, 0.4) is 0 Å². The van der Waals surface area contributed by atoms with Gasteiger partial charge in [-0.25, -0.2) is 0 Å². The molecule has 1 amide bonds. The molecule has 1 atom stereocenters. The maximum Gasteiger partial charge on any atom is 0.306 e. The highest BCUT2D eigenvalue weighted by atomic mass is 32.1. The van der Waals surface area contributed by atoms with E-state index >= 15 is 0 Å². The van der Waals surface area contributed by atoms with Gasteiger partial charge in [-0.2, -0.15) is 5.10 Å². The zero-order valence-corrected chi connectivity index (χ0v) is 13.5. The molecular formula is C15H17N3O4S. The largest absolute Gasteiger partial charge is 0.481 e. The van der Waals surface area contributed by atoms with E-state index in [-0.39, 0.29) is 18.9 Å². The number of carbonyl (C=O) groups is 2. The molecule has 0 spiro atoms. The van der Waals surface area contributed by atoms with Gasteiger partial charge in [0.15, 0.2) is 0 Å². The third-order valence-corrected chi connectivity index (χ3v) is 4.52. The third kappa shape index (κ3) is 3.43. The van der Waals surface area contributed by atoms with Crippen molar-refractivity contribution in [3.63, 3.8) is 0 Å². The SMILES string of the molecule is Cn1cc(C(=O)N2CCOC(CC(=O)O)C2)c(-c2cccs2)n1. The summed E-state index contributed by atoms with van der Waals surface area (Å²) in [4.78, 5) is 26.2. The Morgan fingerprint density at radius 1 is 1.52 bits per heavy atom. The average Bonchev–Trinajstić information content (AvgIpc) is 3.15. The van der Waals surface area contributed by atoms with Gasteiger partial charge < -0.3 is 14.7 Å². The number of aromatic nitrogens is 2. The van der Waals surface area contributed by atoms with Crippen molar-refractivity contribution in [2.24, 2.45) is 7.05 Å². The van der Waals surface area contributed by atoms with E-state index < -0.39 is 12.1 Å². The van der Waals surface area contributed by atoms with Crippen molar-refractivity contribution in [1.82, 2.24) is 14.7 Å². The first kappa shape index (κ1) is 15.7. The van der Waals surface area contributed by atoms with Gasteiger partial charge in [0.25, 0.3) is 5.91 Å². The lowest BCUT2D eigenvalue weighted by molar-refractivity contribution is -0.141. The van der Waals surface area contributed by atoms with Crippen LogP contribution in [-0.2, 0) is 16.6 Å². The molecule has 1 N–H and O–H groups in total. The minimum atomic E-state index is -0.926. The van der Waals surface area contributed by atoms with Gasteiger partial charge in [0.1, 0.15) is 5.69 Å². The molecule has 122 valence electrons. The number of nitrogens with zero attached hydrogens (tertiary/aromatic N) is 3. The number of morpholine rings is 1. The van der Waals surface area contributed by atoms with Crippen LogP contribution in [0.5, 0.6) is 0 Å². The fraction of sp³-hybridized carbons (Fsp3) is 0.400. The minimum absolute atomic E-state index is 0.103. The highest BCUT2D eigenvalue weighted by Gasteiger charge is 2.29. The Bertz CT molecular complexity index is 710. The fourth-order valence-electron chi connectivity index (χ4n) is 2.63. The van der Waals surface area contributed by atoms with Crippen LogP contribution in [0.25, 0.3) is 10.6 Å². The maximum atomic E-state index is 12.8. The smallest absolute Gasteiger partial charge is 0.306 e. The number of aryl methyl sites for hydroxylation is 1. The van der Waals surface area contributed by atoms with Crippen LogP contribution in [0.2, 0.25) is 0 Å². The van der Waals surface area contributed by atoms with Crippen LogP contribution >= 0.6 is 11.3 Å². The molecule has 3 heterocycles. The average molecular weight is 335 g/mol. The number of hydrogen-bond acceptors (Lipinski definition) is 5. The summed E-state index contributed by atoms with van der Waals surface area (Å²) < 4.78 is 7.04. The first-order valence-electron chi connectivity index (χ1n) is 7.25. The molecule has 23 heavy (non-hydrogen) atoms. The van der Waals surface area contributed by atoms with Crippen LogP contribution < -0.4 is 0 Å². The standard InChI is InChI=1S/C15H17N3O4S/c1-17-9-11(14(16-17)12-3-2-6-23-12)15(21)18-4-5-22-10(8-18)7-13(19)20/h2-3,6,9-10H,4-5,7-8H2,1H3,(H,19,20). The molecule has 8 heteroatoms. The zero-order chi connectivity index (χ0) is 16.4. The molecule has 0 aromatic carbocycles. The second-order valence-corrected chi connectivity index (χ2v) is 6.33. The molecule has 2 aromatic heterocycles. The van der Waals surface area contributed by atoms with E-state index in [0.29, 0.717) is 24.4 Å². The molecule has 0 aliphatic carbocycles. The fourth-order valence-corrected chi connectivity index (χ4v) is 3.36. The summed E-state index contributed by atoms with van der Waals surface area (Å²) in [5.41, 5.74) is 1.19. The van der Waals surface area contributed by atoms with Crippen LogP contribution in [0.1, 0.15) is 16.8 Å². The van der Waals surface area contributed by atoms with E-state index in [4.69, 9.17) is 9.84 Å². The second kappa shape index (κ2) is 6.51. The molecule has 1 unspecified atom stereocenters. The molecule has 0 saturated carbocycles. The van der Waals surface area contributed by atoms with E-state index in [2.05, 4.69) is 5.10 Å². The molecule has 0 bridgehead atoms. The van der Waals surface area contributed by atoms with Crippen molar-refractivity contribution >= 4 is 23.2 Å². The number of carboxylic acid groups (broad SMARTS) is 1. The molecule has 1 saturated heterocycles. The summed E-state index contributed by atoms with van der Waals surface area (Å²) in [6, 6.07) is 3.84. The van der Waals surface area contributed by atoms with Crippen molar-refractivity contribution in [3.05, 3.63) is 29.3 Å². The number of hydrogen-bond donors (Lipinski definition) is 1. The van der Waals surface area contributed by atoms with E-state index in [1.54, 1.807) is 22.8 Å². The Labute approximate surface area is 137 Å². The molecule has 2 aromatic rings. The third-order valence-electron chi connectivity index (χ3n) is 3.64. The Hall–Kier alpha value is -2.19. The number of ether oxygens (including phenoxy) is 1. The normalized spacial score (nSPS) is 18.1. The van der Waals surface area contributed by atoms with E-state index in [9.17, 15) is 9.59 Å². The van der Waals surface area contributed by atoms with Gasteiger partial charge in [0.2, 0.25) is 0 Å². The predicted octanol–water partition coefficient (Wildman–Crippen LogP) is 1.46. The summed E-state index contributed by atoms with van der Waals surface area (Å²) >= 11 is 1.53. The summed E-state index contributed by atoms with van der Waals surface area (Å²) in [6.45, 7) is 1.08. The van der Waals surface area contributed by atoms with Gasteiger partial charge in [-0.3, -0.25) is 14.3 Å². The lowest BCUT2D eigenvalue weighted by Gasteiger charge is -2.32. The molecule has 1 aliphatic heterocycles. The molecule has 1 aliphatic rings. The second-order valence-electron chi connectivity index (χ2n) is 5.38. The quantitative estimate of drug-likeness (QED) is 0.914. The van der Waals surface area contributed by atoms with Crippen molar-refractivity contribution < 1.29 is 19.4 Å². The Morgan fingerprint density at radius 3 is 3.04 bits per heavy atom. The van der Waals surface area contributed by atoms with Crippen molar-refractivity contribution in [2.75, 3.05) is 19.7 Å². The van der Waals surface area contributed by atoms with Gasteiger partial charge in [-0.1, -0.05) is 6.07 Å². The highest BCUT2D eigenvalue weighted by molar-refractivity contribution is 7.13. The number of aliphatic carboxylic acids is 1. The van der Waals surface area contributed by atoms with Crippen LogP contribution in [-0.4, -0.2) is 57.5 Å². The summed E-state index contributed by atoms with van der Waals surface area (Å²) in [7, 11) is 1.78. The maximum absolute atomic E-state index is 12.8. The van der Waals surface area contributed by atoms with Gasteiger partial charge >= 0.3 is 5.97 Å². The van der Waals surface area contributed by atoms with E-state index in [1.165, 1.54) is 11.3 Å². The molecule has 0 radical (unpaired) electrons. The monoisotopic (exact) mass is 335 g/mol.